The summed E-state index contributed by atoms with van der Waals surface area (Å²) < 4.78 is 0. The van der Waals surface area contributed by atoms with Crippen LogP contribution < -0.4 is 0 Å². The van der Waals surface area contributed by atoms with Crippen LogP contribution in [0.5, 0.6) is 0 Å². The van der Waals surface area contributed by atoms with Crippen LogP contribution in [0, 0.1) is 5.92 Å². The maximum Gasteiger partial charge on any atom is 0.219 e. The van der Waals surface area contributed by atoms with E-state index in [0.29, 0.717) is 6.04 Å². The molecule has 1 saturated carbocycles. The summed E-state index contributed by atoms with van der Waals surface area (Å²) in [6.07, 6.45) is 6.00. The van der Waals surface area contributed by atoms with Gasteiger partial charge in [-0.05, 0) is 31.4 Å². The molecule has 0 N–H and O–H groups in total. The minimum Gasteiger partial charge on any atom is -0.340 e. The number of carbonyl (C=O) groups excluding carboxylic acids is 1. The highest BCUT2D eigenvalue weighted by molar-refractivity contribution is 7.99. The second-order valence-corrected chi connectivity index (χ2v) is 5.25. The zero-order valence-electron chi connectivity index (χ0n) is 8.32. The summed E-state index contributed by atoms with van der Waals surface area (Å²) in [5, 5.41) is 0.814. The van der Waals surface area contributed by atoms with Crippen LogP contribution in [-0.4, -0.2) is 34.9 Å². The van der Waals surface area contributed by atoms with Gasteiger partial charge in [0.25, 0.3) is 0 Å². The Morgan fingerprint density at radius 1 is 1.46 bits per heavy atom. The van der Waals surface area contributed by atoms with E-state index in [1.165, 1.54) is 19.3 Å². The first kappa shape index (κ1) is 9.38. The molecule has 3 rings (SSSR count). The molecule has 2 aliphatic heterocycles. The van der Waals surface area contributed by atoms with Crippen molar-refractivity contribution >= 4 is 17.7 Å². The third-order valence-electron chi connectivity index (χ3n) is 3.48. The SMILES string of the molecule is CSC1CC2CCC1CN2C(C)=O. The predicted molar refractivity (Wildman–Crippen MR) is 55.8 cm³/mol. The molecule has 2 saturated heterocycles. The highest BCUT2D eigenvalue weighted by Gasteiger charge is 2.40. The Balaban J connectivity index is 2.07. The van der Waals surface area contributed by atoms with Gasteiger partial charge in [-0.25, -0.2) is 0 Å². The summed E-state index contributed by atoms with van der Waals surface area (Å²) in [4.78, 5) is 13.4. The van der Waals surface area contributed by atoms with Crippen LogP contribution in [0.15, 0.2) is 0 Å². The first-order chi connectivity index (χ1) is 6.22. The number of nitrogens with zero attached hydrogens (tertiary/aromatic N) is 1. The molecular formula is C10H17NOS. The number of piperidine rings is 2. The van der Waals surface area contributed by atoms with Crippen molar-refractivity contribution in [3.8, 4) is 0 Å². The number of rotatable bonds is 1. The van der Waals surface area contributed by atoms with Crippen LogP contribution in [0.1, 0.15) is 26.2 Å². The molecule has 0 spiro atoms. The topological polar surface area (TPSA) is 20.3 Å². The molecule has 0 radical (unpaired) electrons. The molecule has 3 heteroatoms. The van der Waals surface area contributed by atoms with Gasteiger partial charge in [0.1, 0.15) is 0 Å². The second kappa shape index (κ2) is 3.52. The van der Waals surface area contributed by atoms with Crippen molar-refractivity contribution in [3.05, 3.63) is 0 Å². The van der Waals surface area contributed by atoms with E-state index in [4.69, 9.17) is 0 Å². The number of amides is 1. The summed E-state index contributed by atoms with van der Waals surface area (Å²) in [5.41, 5.74) is 0. The fourth-order valence-electron chi connectivity index (χ4n) is 2.74. The van der Waals surface area contributed by atoms with E-state index < -0.39 is 0 Å². The lowest BCUT2D eigenvalue weighted by Crippen LogP contribution is -2.54. The smallest absolute Gasteiger partial charge is 0.219 e. The number of thioether (sulfide) groups is 1. The fourth-order valence-corrected chi connectivity index (χ4v) is 3.76. The molecule has 2 bridgehead atoms. The van der Waals surface area contributed by atoms with E-state index in [2.05, 4.69) is 11.2 Å². The third kappa shape index (κ3) is 1.58. The van der Waals surface area contributed by atoms with E-state index in [1.807, 2.05) is 11.8 Å². The normalized spacial score (nSPS) is 38.0. The minimum absolute atomic E-state index is 0.272. The first-order valence-corrected chi connectivity index (χ1v) is 6.31. The molecule has 74 valence electrons. The number of hydrogen-bond acceptors (Lipinski definition) is 2. The monoisotopic (exact) mass is 199 g/mol. The van der Waals surface area contributed by atoms with E-state index in [9.17, 15) is 4.79 Å². The molecule has 3 fully saturated rings. The lowest BCUT2D eigenvalue weighted by atomic mass is 9.79. The van der Waals surface area contributed by atoms with Crippen LogP contribution in [0.2, 0.25) is 0 Å². The largest absolute Gasteiger partial charge is 0.340 e. The number of carbonyl (C=O) groups is 1. The Bertz CT molecular complexity index is 219. The molecular weight excluding hydrogens is 182 g/mol. The van der Waals surface area contributed by atoms with Crippen molar-refractivity contribution < 1.29 is 4.79 Å². The zero-order chi connectivity index (χ0) is 9.42. The van der Waals surface area contributed by atoms with E-state index >= 15 is 0 Å². The molecule has 2 nitrogen and oxygen atoms in total. The van der Waals surface area contributed by atoms with Crippen molar-refractivity contribution in [1.82, 2.24) is 4.90 Å². The summed E-state index contributed by atoms with van der Waals surface area (Å²) in [5.74, 6) is 1.04. The second-order valence-electron chi connectivity index (χ2n) is 4.17. The van der Waals surface area contributed by atoms with Gasteiger partial charge in [0.2, 0.25) is 5.91 Å². The van der Waals surface area contributed by atoms with Gasteiger partial charge in [-0.15, -0.1) is 0 Å². The molecule has 3 unspecified atom stereocenters. The summed E-state index contributed by atoms with van der Waals surface area (Å²) in [6.45, 7) is 2.72. The maximum atomic E-state index is 11.3. The van der Waals surface area contributed by atoms with Crippen LogP contribution in [0.25, 0.3) is 0 Å². The number of fused-ring (bicyclic) bond motifs is 3. The lowest BCUT2D eigenvalue weighted by Gasteiger charge is -2.48. The Morgan fingerprint density at radius 3 is 2.69 bits per heavy atom. The summed E-state index contributed by atoms with van der Waals surface area (Å²) >= 11 is 1.98. The van der Waals surface area contributed by atoms with Crippen LogP contribution in [0.4, 0.5) is 0 Å². The Labute approximate surface area is 84.1 Å². The molecule has 3 aliphatic rings. The van der Waals surface area contributed by atoms with E-state index in [1.54, 1.807) is 6.92 Å². The third-order valence-corrected chi connectivity index (χ3v) is 4.66. The quantitative estimate of drug-likeness (QED) is 0.641. The molecule has 1 aliphatic carbocycles. The van der Waals surface area contributed by atoms with Crippen LogP contribution in [0.3, 0.4) is 0 Å². The lowest BCUT2D eigenvalue weighted by molar-refractivity contribution is -0.135. The van der Waals surface area contributed by atoms with Crippen molar-refractivity contribution in [2.45, 2.75) is 37.5 Å². The van der Waals surface area contributed by atoms with Gasteiger partial charge in [0, 0.05) is 24.8 Å². The van der Waals surface area contributed by atoms with Crippen molar-refractivity contribution in [2.24, 2.45) is 5.92 Å². The van der Waals surface area contributed by atoms with Gasteiger partial charge >= 0.3 is 0 Å². The van der Waals surface area contributed by atoms with E-state index in [-0.39, 0.29) is 5.91 Å². The molecule has 1 amide bonds. The standard InChI is InChI=1S/C10H17NOS/c1-7(12)11-6-8-3-4-9(11)5-10(8)13-2/h8-10H,3-6H2,1-2H3. The minimum atomic E-state index is 0.272. The average molecular weight is 199 g/mol. The molecule has 0 aromatic carbocycles. The van der Waals surface area contributed by atoms with Gasteiger partial charge in [0.05, 0.1) is 0 Å². The highest BCUT2D eigenvalue weighted by Crippen LogP contribution is 2.40. The first-order valence-electron chi connectivity index (χ1n) is 5.02. The zero-order valence-corrected chi connectivity index (χ0v) is 9.14. The van der Waals surface area contributed by atoms with Gasteiger partial charge in [-0.1, -0.05) is 0 Å². The van der Waals surface area contributed by atoms with Crippen molar-refractivity contribution in [3.63, 3.8) is 0 Å². The average Bonchev–Trinajstić information content (AvgIpc) is 2.18. The van der Waals surface area contributed by atoms with E-state index in [0.717, 1.165) is 17.7 Å². The Morgan fingerprint density at radius 2 is 2.23 bits per heavy atom. The van der Waals surface area contributed by atoms with Gasteiger partial charge in [-0.3, -0.25) is 4.79 Å². The van der Waals surface area contributed by atoms with Crippen LogP contribution in [-0.2, 0) is 4.79 Å². The van der Waals surface area contributed by atoms with Gasteiger partial charge in [0.15, 0.2) is 0 Å². The van der Waals surface area contributed by atoms with Crippen molar-refractivity contribution in [2.75, 3.05) is 12.8 Å². The molecule has 0 aromatic heterocycles. The predicted octanol–water partition coefficient (Wildman–Crippen LogP) is 1.75. The molecule has 3 atom stereocenters. The highest BCUT2D eigenvalue weighted by atomic mass is 32.2. The Hall–Kier alpha value is -0.180. The molecule has 0 aromatic rings. The fraction of sp³-hybridized carbons (Fsp3) is 0.900. The molecule has 2 heterocycles. The van der Waals surface area contributed by atoms with Crippen LogP contribution >= 0.6 is 11.8 Å². The maximum absolute atomic E-state index is 11.3. The van der Waals surface area contributed by atoms with Crippen molar-refractivity contribution in [1.29, 1.82) is 0 Å². The number of hydrogen-bond donors (Lipinski definition) is 0. The molecule has 13 heavy (non-hydrogen) atoms. The van der Waals surface area contributed by atoms with Gasteiger partial charge < -0.3 is 4.90 Å². The summed E-state index contributed by atoms with van der Waals surface area (Å²) in [6, 6.07) is 0.556. The Kier molecular flexibility index (Phi) is 2.54. The van der Waals surface area contributed by atoms with Gasteiger partial charge in [-0.2, -0.15) is 11.8 Å². The summed E-state index contributed by atoms with van der Waals surface area (Å²) in [7, 11) is 0.